The summed E-state index contributed by atoms with van der Waals surface area (Å²) in [6.45, 7) is 1.85. The molecule has 100 valence electrons. The van der Waals surface area contributed by atoms with Crippen molar-refractivity contribution in [3.63, 3.8) is 0 Å². The molecular formula is C12H17N2NaO3S. The Kier molecular flexibility index (Phi) is 8.17. The summed E-state index contributed by atoms with van der Waals surface area (Å²) in [5, 5.41) is 11.7. The van der Waals surface area contributed by atoms with E-state index in [1.165, 1.54) is 0 Å². The molecule has 1 unspecified atom stereocenters. The van der Waals surface area contributed by atoms with Gasteiger partial charge < -0.3 is 17.6 Å². The van der Waals surface area contributed by atoms with Crippen LogP contribution in [0.1, 0.15) is 21.2 Å². The summed E-state index contributed by atoms with van der Waals surface area (Å²) >= 11 is 1.09. The second-order valence-corrected chi connectivity index (χ2v) is 5.16. The van der Waals surface area contributed by atoms with E-state index in [1.54, 1.807) is 12.1 Å². The van der Waals surface area contributed by atoms with Gasteiger partial charge in [-0.2, -0.15) is 0 Å². The third-order valence-corrected chi connectivity index (χ3v) is 3.65. The average Bonchev–Trinajstić information content (AvgIpc) is 2.29. The number of carboxylic acids is 1. The first-order chi connectivity index (χ1) is 8.50. The molecular weight excluding hydrogens is 275 g/mol. The molecule has 0 spiro atoms. The Balaban J connectivity index is 0. The number of rotatable bonds is 6. The van der Waals surface area contributed by atoms with Gasteiger partial charge in [-0.15, -0.1) is 0 Å². The number of benzene rings is 1. The van der Waals surface area contributed by atoms with E-state index in [4.69, 9.17) is 5.73 Å². The van der Waals surface area contributed by atoms with Crippen molar-refractivity contribution in [1.82, 2.24) is 5.32 Å². The predicted molar refractivity (Wildman–Crippen MR) is 71.4 cm³/mol. The van der Waals surface area contributed by atoms with Crippen LogP contribution < -0.4 is 40.6 Å². The molecule has 0 aromatic heterocycles. The monoisotopic (exact) mass is 292 g/mol. The number of carbonyl (C=O) groups excluding carboxylic acids is 1. The topological polar surface area (TPSA) is 92.4 Å². The van der Waals surface area contributed by atoms with Crippen LogP contribution in [0, 0.1) is 0 Å². The van der Waals surface area contributed by atoms with Crippen LogP contribution in [-0.4, -0.2) is 22.0 Å². The molecule has 19 heavy (non-hydrogen) atoms. The fraction of sp³-hybridized carbons (Fsp3) is 0.333. The molecule has 1 aromatic rings. The maximum Gasteiger partial charge on any atom is 1.00 e. The average molecular weight is 292 g/mol. The second-order valence-electron chi connectivity index (χ2n) is 3.79. The van der Waals surface area contributed by atoms with Crippen LogP contribution in [0.25, 0.3) is 0 Å². The van der Waals surface area contributed by atoms with E-state index >= 15 is 0 Å². The maximum atomic E-state index is 11.5. The molecule has 1 atom stereocenters. The first-order valence-corrected chi connectivity index (χ1v) is 6.37. The van der Waals surface area contributed by atoms with Crippen molar-refractivity contribution < 1.29 is 45.7 Å². The number of carboxylic acid groups (broad SMARTS) is 1. The van der Waals surface area contributed by atoms with Crippen molar-refractivity contribution in [2.75, 3.05) is 0 Å². The second kappa shape index (κ2) is 8.47. The zero-order valence-corrected chi connectivity index (χ0v) is 13.9. The molecule has 0 aliphatic heterocycles. The smallest absolute Gasteiger partial charge is 1.00 e. The number of nitrogens with one attached hydrogen (secondary N) is 1. The largest absolute Gasteiger partial charge is 1.00 e. The minimum Gasteiger partial charge on any atom is -1.00 e. The first-order valence-electron chi connectivity index (χ1n) is 5.55. The van der Waals surface area contributed by atoms with Crippen molar-refractivity contribution in [3.8, 4) is 0 Å². The zero-order valence-electron chi connectivity index (χ0n) is 12.1. The molecule has 5 nitrogen and oxygen atoms in total. The van der Waals surface area contributed by atoms with Crippen molar-refractivity contribution >= 4 is 23.8 Å². The Morgan fingerprint density at radius 2 is 2.00 bits per heavy atom. The number of primary amides is 1. The maximum absolute atomic E-state index is 11.5. The third-order valence-electron chi connectivity index (χ3n) is 2.31. The first kappa shape index (κ1) is 18.3. The third kappa shape index (κ3) is 5.44. The number of aliphatic carboxylic acids is 1. The molecule has 0 radical (unpaired) electrons. The Labute approximate surface area is 140 Å². The summed E-state index contributed by atoms with van der Waals surface area (Å²) in [7, 11) is 0. The van der Waals surface area contributed by atoms with Gasteiger partial charge in [-0.1, -0.05) is 43.3 Å². The minimum atomic E-state index is -1.41. The number of hydrogen-bond donors (Lipinski definition) is 3. The summed E-state index contributed by atoms with van der Waals surface area (Å²) in [4.78, 5) is 21.8. The fourth-order valence-electron chi connectivity index (χ4n) is 1.58. The molecule has 7 heteroatoms. The number of thioether (sulfide) groups is 1. The minimum absolute atomic E-state index is 0. The van der Waals surface area contributed by atoms with E-state index in [9.17, 15) is 14.7 Å². The number of nitrogens with two attached hydrogens (primary N) is 1. The van der Waals surface area contributed by atoms with Crippen LogP contribution in [0.3, 0.4) is 0 Å². The van der Waals surface area contributed by atoms with Gasteiger partial charge in [-0.25, -0.2) is 9.59 Å². The Hall–Kier alpha value is -0.690. The molecule has 0 saturated heterocycles. The van der Waals surface area contributed by atoms with Crippen LogP contribution in [0.4, 0.5) is 4.79 Å². The molecule has 1 aromatic carbocycles. The van der Waals surface area contributed by atoms with Gasteiger partial charge in [-0.3, -0.25) is 0 Å². The van der Waals surface area contributed by atoms with Crippen molar-refractivity contribution in [1.29, 1.82) is 0 Å². The van der Waals surface area contributed by atoms with E-state index in [2.05, 4.69) is 5.32 Å². The normalized spacial score (nSPS) is 12.9. The van der Waals surface area contributed by atoms with Crippen molar-refractivity contribution in [2.24, 2.45) is 5.73 Å². The van der Waals surface area contributed by atoms with Crippen LogP contribution in [0.2, 0.25) is 0 Å². The van der Waals surface area contributed by atoms with Gasteiger partial charge in [0.1, 0.15) is 0 Å². The predicted octanol–water partition coefficient (Wildman–Crippen LogP) is -0.855. The van der Waals surface area contributed by atoms with Gasteiger partial charge in [0.25, 0.3) is 0 Å². The van der Waals surface area contributed by atoms with Gasteiger partial charge in [0.15, 0.2) is 4.87 Å². The van der Waals surface area contributed by atoms with Crippen LogP contribution in [-0.2, 0) is 4.79 Å². The van der Waals surface area contributed by atoms with E-state index in [0.29, 0.717) is 12.8 Å². The number of carbonyl (C=O) groups is 2. The Bertz CT molecular complexity index is 436. The van der Waals surface area contributed by atoms with Gasteiger partial charge in [0, 0.05) is 4.90 Å². The van der Waals surface area contributed by atoms with Crippen LogP contribution >= 0.6 is 11.8 Å². The number of hydrogen-bond acceptors (Lipinski definition) is 3. The Morgan fingerprint density at radius 3 is 2.42 bits per heavy atom. The van der Waals surface area contributed by atoms with Gasteiger partial charge in [0.2, 0.25) is 0 Å². The summed E-state index contributed by atoms with van der Waals surface area (Å²) in [5.41, 5.74) is 5.07. The molecule has 4 N–H and O–H groups in total. The Morgan fingerprint density at radius 1 is 1.42 bits per heavy atom. The van der Waals surface area contributed by atoms with E-state index in [-0.39, 0.29) is 31.0 Å². The van der Waals surface area contributed by atoms with E-state index < -0.39 is 16.9 Å². The summed E-state index contributed by atoms with van der Waals surface area (Å²) in [5.74, 6) is -1.10. The van der Waals surface area contributed by atoms with Gasteiger partial charge in [0.05, 0.1) is 0 Å². The molecule has 0 bridgehead atoms. The zero-order chi connectivity index (χ0) is 13.6. The number of amides is 2. The van der Waals surface area contributed by atoms with Crippen molar-refractivity contribution in [2.45, 2.75) is 29.5 Å². The molecule has 2 amide bonds. The molecule has 0 aliphatic carbocycles. The molecule has 0 fully saturated rings. The van der Waals surface area contributed by atoms with Crippen molar-refractivity contribution in [3.05, 3.63) is 30.3 Å². The van der Waals surface area contributed by atoms with E-state index in [0.717, 1.165) is 16.7 Å². The van der Waals surface area contributed by atoms with Gasteiger partial charge in [-0.05, 0) is 18.6 Å². The SMILES string of the molecule is CCCC(NC(N)=O)(Sc1ccccc1)C(=O)O.[H-].[Na+]. The molecule has 0 aliphatic rings. The molecule has 1 rings (SSSR count). The summed E-state index contributed by atoms with van der Waals surface area (Å²) in [6.07, 6.45) is 0.914. The quantitative estimate of drug-likeness (QED) is 0.361. The summed E-state index contributed by atoms with van der Waals surface area (Å²) < 4.78 is 0. The van der Waals surface area contributed by atoms with Crippen LogP contribution in [0.15, 0.2) is 35.2 Å². The molecule has 0 heterocycles. The van der Waals surface area contributed by atoms with Gasteiger partial charge >= 0.3 is 41.6 Å². The molecule has 0 saturated carbocycles. The standard InChI is InChI=1S/C12H16N2O3S.Na.H/c1-2-8-12(10(15)16,14-11(13)17)18-9-6-4-3-5-7-9;;/h3-7H,2,8H2,1H3,(H,15,16)(H3,13,14,17);;/q;+1;-1. The number of urea groups is 1. The van der Waals surface area contributed by atoms with E-state index in [1.807, 2.05) is 25.1 Å². The fourth-order valence-corrected chi connectivity index (χ4v) is 2.82. The van der Waals surface area contributed by atoms with Crippen LogP contribution in [0.5, 0.6) is 0 Å². The summed E-state index contributed by atoms with van der Waals surface area (Å²) in [6, 6.07) is 8.21.